The Bertz CT molecular complexity index is 202. The molecule has 0 amide bonds. The van der Waals surface area contributed by atoms with Crippen LogP contribution in [0.15, 0.2) is 0 Å². The maximum atomic E-state index is 9.71. The third-order valence-electron chi connectivity index (χ3n) is 3.69. The largest absolute Gasteiger partial charge is 0.391 e. The Kier molecular flexibility index (Phi) is 3.65. The number of aliphatic hydroxyl groups is 1. The third kappa shape index (κ3) is 2.92. The number of nitrogens with one attached hydrogen (secondary N) is 1. The summed E-state index contributed by atoms with van der Waals surface area (Å²) in [7, 11) is 0. The van der Waals surface area contributed by atoms with Crippen LogP contribution in [0.4, 0.5) is 0 Å². The molecule has 1 saturated heterocycles. The zero-order valence-corrected chi connectivity index (χ0v) is 9.95. The highest BCUT2D eigenvalue weighted by atomic mass is 16.3. The summed E-state index contributed by atoms with van der Waals surface area (Å²) in [5.74, 6) is 0. The van der Waals surface area contributed by atoms with Crippen LogP contribution in [-0.4, -0.2) is 47.3 Å². The highest BCUT2D eigenvalue weighted by Crippen LogP contribution is 2.29. The van der Waals surface area contributed by atoms with Gasteiger partial charge in [-0.3, -0.25) is 4.90 Å². The molecule has 2 unspecified atom stereocenters. The van der Waals surface area contributed by atoms with Gasteiger partial charge < -0.3 is 10.4 Å². The molecule has 2 N–H and O–H groups in total. The number of hydrogen-bond donors (Lipinski definition) is 2. The van der Waals surface area contributed by atoms with Crippen molar-refractivity contribution >= 4 is 0 Å². The van der Waals surface area contributed by atoms with Gasteiger partial charge in [0.25, 0.3) is 0 Å². The molecule has 0 spiro atoms. The van der Waals surface area contributed by atoms with Crippen LogP contribution in [0.5, 0.6) is 0 Å². The van der Waals surface area contributed by atoms with Gasteiger partial charge in [0.15, 0.2) is 0 Å². The quantitative estimate of drug-likeness (QED) is 0.713. The lowest BCUT2D eigenvalue weighted by atomic mass is 10.1. The maximum absolute atomic E-state index is 9.71. The van der Waals surface area contributed by atoms with Gasteiger partial charge in [0.1, 0.15) is 0 Å². The summed E-state index contributed by atoms with van der Waals surface area (Å²) in [6.45, 7) is 6.67. The summed E-state index contributed by atoms with van der Waals surface area (Å²) in [5.41, 5.74) is 0. The highest BCUT2D eigenvalue weighted by Gasteiger charge is 2.32. The highest BCUT2D eigenvalue weighted by molar-refractivity contribution is 4.89. The van der Waals surface area contributed by atoms with E-state index >= 15 is 0 Å². The van der Waals surface area contributed by atoms with Gasteiger partial charge >= 0.3 is 0 Å². The molecule has 2 rings (SSSR count). The van der Waals surface area contributed by atoms with E-state index in [4.69, 9.17) is 0 Å². The summed E-state index contributed by atoms with van der Waals surface area (Å²) in [5, 5.41) is 13.1. The molecule has 1 heterocycles. The molecule has 2 aliphatic rings. The lowest BCUT2D eigenvalue weighted by Gasteiger charge is -2.28. The van der Waals surface area contributed by atoms with Crippen molar-refractivity contribution in [3.05, 3.63) is 0 Å². The van der Waals surface area contributed by atoms with Crippen molar-refractivity contribution in [2.45, 2.75) is 63.8 Å². The van der Waals surface area contributed by atoms with Crippen molar-refractivity contribution in [2.24, 2.45) is 0 Å². The van der Waals surface area contributed by atoms with E-state index < -0.39 is 0 Å². The molecule has 2 atom stereocenters. The summed E-state index contributed by atoms with van der Waals surface area (Å²) >= 11 is 0. The van der Waals surface area contributed by atoms with E-state index in [2.05, 4.69) is 24.1 Å². The van der Waals surface area contributed by atoms with Crippen LogP contribution in [0.25, 0.3) is 0 Å². The number of rotatable bonds is 5. The smallest absolute Gasteiger partial charge is 0.0705 e. The Hall–Kier alpha value is -0.120. The molecule has 1 saturated carbocycles. The van der Waals surface area contributed by atoms with Crippen molar-refractivity contribution in [3.8, 4) is 0 Å². The number of aliphatic hydroxyl groups excluding tert-OH is 1. The molecular weight excluding hydrogens is 188 g/mol. The fourth-order valence-corrected chi connectivity index (χ4v) is 2.61. The lowest BCUT2D eigenvalue weighted by molar-refractivity contribution is 0.136. The fourth-order valence-electron chi connectivity index (χ4n) is 2.61. The minimum Gasteiger partial charge on any atom is -0.391 e. The summed E-state index contributed by atoms with van der Waals surface area (Å²) in [6, 6.07) is 1.82. The predicted molar refractivity (Wildman–Crippen MR) is 61.9 cm³/mol. The molecule has 0 aromatic carbocycles. The summed E-state index contributed by atoms with van der Waals surface area (Å²) in [4.78, 5) is 2.59. The van der Waals surface area contributed by atoms with Crippen LogP contribution < -0.4 is 5.32 Å². The minimum absolute atomic E-state index is 0.113. The topological polar surface area (TPSA) is 35.5 Å². The van der Waals surface area contributed by atoms with E-state index in [1.165, 1.54) is 12.8 Å². The van der Waals surface area contributed by atoms with E-state index in [-0.39, 0.29) is 6.10 Å². The van der Waals surface area contributed by atoms with Gasteiger partial charge in [-0.1, -0.05) is 0 Å². The molecule has 15 heavy (non-hydrogen) atoms. The molecular formula is C12H24N2O. The molecule has 2 fully saturated rings. The van der Waals surface area contributed by atoms with Gasteiger partial charge in [0.2, 0.25) is 0 Å². The van der Waals surface area contributed by atoms with E-state index in [9.17, 15) is 5.11 Å². The Morgan fingerprint density at radius 2 is 2.07 bits per heavy atom. The van der Waals surface area contributed by atoms with Crippen molar-refractivity contribution in [3.63, 3.8) is 0 Å². The van der Waals surface area contributed by atoms with Crippen LogP contribution in [0.1, 0.15) is 39.5 Å². The van der Waals surface area contributed by atoms with Crippen LogP contribution >= 0.6 is 0 Å². The summed E-state index contributed by atoms with van der Waals surface area (Å²) in [6.07, 6.45) is 4.65. The molecule has 0 aromatic rings. The average Bonchev–Trinajstić information content (AvgIpc) is 2.92. The zero-order valence-electron chi connectivity index (χ0n) is 9.95. The first-order chi connectivity index (χ1) is 7.18. The van der Waals surface area contributed by atoms with E-state index in [1.54, 1.807) is 0 Å². The normalized spacial score (nSPS) is 31.8. The van der Waals surface area contributed by atoms with Gasteiger partial charge in [0, 0.05) is 24.7 Å². The Morgan fingerprint density at radius 3 is 2.53 bits per heavy atom. The van der Waals surface area contributed by atoms with Crippen molar-refractivity contribution in [1.29, 1.82) is 0 Å². The van der Waals surface area contributed by atoms with Crippen LogP contribution in [0.2, 0.25) is 0 Å². The monoisotopic (exact) mass is 212 g/mol. The average molecular weight is 212 g/mol. The Morgan fingerprint density at radius 1 is 1.33 bits per heavy atom. The predicted octanol–water partition coefficient (Wildman–Crippen LogP) is 0.972. The van der Waals surface area contributed by atoms with Crippen LogP contribution in [0, 0.1) is 0 Å². The van der Waals surface area contributed by atoms with Crippen molar-refractivity contribution in [1.82, 2.24) is 10.2 Å². The first-order valence-corrected chi connectivity index (χ1v) is 6.35. The Balaban J connectivity index is 1.75. The van der Waals surface area contributed by atoms with Gasteiger partial charge in [-0.2, -0.15) is 0 Å². The first-order valence-electron chi connectivity index (χ1n) is 6.35. The second-order valence-corrected chi connectivity index (χ2v) is 5.27. The van der Waals surface area contributed by atoms with Gasteiger partial charge in [-0.25, -0.2) is 0 Å². The number of nitrogens with zero attached hydrogens (tertiary/aromatic N) is 1. The van der Waals surface area contributed by atoms with Crippen LogP contribution in [-0.2, 0) is 0 Å². The van der Waals surface area contributed by atoms with Gasteiger partial charge in [-0.15, -0.1) is 0 Å². The molecule has 1 aliphatic heterocycles. The maximum Gasteiger partial charge on any atom is 0.0705 e. The molecule has 88 valence electrons. The minimum atomic E-state index is -0.113. The van der Waals surface area contributed by atoms with Gasteiger partial charge in [-0.05, 0) is 46.1 Å². The van der Waals surface area contributed by atoms with E-state index in [0.29, 0.717) is 12.1 Å². The van der Waals surface area contributed by atoms with Crippen molar-refractivity contribution in [2.75, 3.05) is 13.1 Å². The first kappa shape index (κ1) is 11.4. The standard InChI is InChI=1S/C12H24N2O/c1-9(2)14(10-3-4-10)8-6-11-12(15)5-7-13-11/h9-13,15H,3-8H2,1-2H3. The molecule has 0 radical (unpaired) electrons. The third-order valence-corrected chi connectivity index (χ3v) is 3.69. The molecule has 3 nitrogen and oxygen atoms in total. The van der Waals surface area contributed by atoms with Crippen LogP contribution in [0.3, 0.4) is 0 Å². The zero-order chi connectivity index (χ0) is 10.8. The van der Waals surface area contributed by atoms with E-state index in [0.717, 1.165) is 32.0 Å². The lowest BCUT2D eigenvalue weighted by Crippen LogP contribution is -2.39. The Labute approximate surface area is 92.8 Å². The molecule has 1 aliphatic carbocycles. The molecule has 3 heteroatoms. The fraction of sp³-hybridized carbons (Fsp3) is 1.00. The van der Waals surface area contributed by atoms with Gasteiger partial charge in [0.05, 0.1) is 6.10 Å². The molecule has 0 aromatic heterocycles. The second kappa shape index (κ2) is 4.81. The molecule has 0 bridgehead atoms. The summed E-state index contributed by atoms with van der Waals surface area (Å²) < 4.78 is 0. The SMILES string of the molecule is CC(C)N(CCC1NCCC1O)C1CC1. The second-order valence-electron chi connectivity index (χ2n) is 5.27. The van der Waals surface area contributed by atoms with E-state index in [1.807, 2.05) is 0 Å². The van der Waals surface area contributed by atoms with Crippen molar-refractivity contribution < 1.29 is 5.11 Å². The number of hydrogen-bond acceptors (Lipinski definition) is 3.